The van der Waals surface area contributed by atoms with Crippen LogP contribution in [0, 0.1) is 0 Å². The second-order valence-corrected chi connectivity index (χ2v) is 5.32. The lowest BCUT2D eigenvalue weighted by molar-refractivity contribution is 0.585. The first kappa shape index (κ1) is 14.1. The molecule has 3 aromatic rings. The van der Waals surface area contributed by atoms with Gasteiger partial charge < -0.3 is 4.57 Å². The molecule has 0 amide bonds. The molecule has 0 aliphatic heterocycles. The zero-order valence-corrected chi connectivity index (χ0v) is 12.8. The number of aromatic nitrogens is 4. The topological polar surface area (TPSA) is 52.7 Å². The molecule has 5 nitrogen and oxygen atoms in total. The molecule has 2 heterocycles. The molecule has 0 saturated carbocycles. The summed E-state index contributed by atoms with van der Waals surface area (Å²) >= 11 is 11.7. The molecule has 0 radical (unpaired) electrons. The highest BCUT2D eigenvalue weighted by Gasteiger charge is 2.13. The lowest BCUT2D eigenvalue weighted by Crippen LogP contribution is -2.25. The van der Waals surface area contributed by atoms with Gasteiger partial charge in [0.2, 0.25) is 0 Å². The van der Waals surface area contributed by atoms with E-state index in [2.05, 4.69) is 10.1 Å². The van der Waals surface area contributed by atoms with E-state index in [0.717, 1.165) is 23.4 Å². The predicted octanol–water partition coefficient (Wildman–Crippen LogP) is 2.97. The Hall–Kier alpha value is -1.85. The number of para-hydroxylation sites is 2. The maximum absolute atomic E-state index is 12.1. The Balaban J connectivity index is 2.10. The maximum Gasteiger partial charge on any atom is 0.287 e. The first-order valence-electron chi connectivity index (χ1n) is 6.47. The average Bonchev–Trinajstić information content (AvgIpc) is 2.85. The summed E-state index contributed by atoms with van der Waals surface area (Å²) in [5.74, 6) is 0.756. The van der Waals surface area contributed by atoms with Crippen LogP contribution in [0.4, 0.5) is 0 Å². The standard InChI is InChI=1S/C14H12Cl2N4O/c1-2-19-11-6-4-3-5-10(11)18-12(19)8-20-14(21)13(16)9(15)7-17-20/h3-7H,2,8H2,1H3. The molecule has 0 spiro atoms. The van der Waals surface area contributed by atoms with Gasteiger partial charge in [0.05, 0.1) is 22.3 Å². The lowest BCUT2D eigenvalue weighted by atomic mass is 10.3. The van der Waals surface area contributed by atoms with Gasteiger partial charge >= 0.3 is 0 Å². The highest BCUT2D eigenvalue weighted by molar-refractivity contribution is 6.41. The van der Waals surface area contributed by atoms with Gasteiger partial charge in [-0.3, -0.25) is 4.79 Å². The van der Waals surface area contributed by atoms with Crippen LogP contribution in [0.1, 0.15) is 12.7 Å². The summed E-state index contributed by atoms with van der Waals surface area (Å²) in [5, 5.41) is 4.15. The fraction of sp³-hybridized carbons (Fsp3) is 0.214. The molecule has 0 N–H and O–H groups in total. The molecule has 108 valence electrons. The third kappa shape index (κ3) is 2.43. The summed E-state index contributed by atoms with van der Waals surface area (Å²) in [4.78, 5) is 16.6. The second-order valence-electron chi connectivity index (χ2n) is 4.53. The van der Waals surface area contributed by atoms with Crippen LogP contribution in [0.5, 0.6) is 0 Å². The van der Waals surface area contributed by atoms with Crippen LogP contribution >= 0.6 is 23.2 Å². The van der Waals surface area contributed by atoms with Crippen molar-refractivity contribution in [2.75, 3.05) is 0 Å². The van der Waals surface area contributed by atoms with Crippen LogP contribution in [-0.4, -0.2) is 19.3 Å². The van der Waals surface area contributed by atoms with Crippen LogP contribution < -0.4 is 5.56 Å². The molecule has 0 bridgehead atoms. The van der Waals surface area contributed by atoms with Crippen LogP contribution in [-0.2, 0) is 13.1 Å². The average molecular weight is 323 g/mol. The van der Waals surface area contributed by atoms with Crippen molar-refractivity contribution in [1.82, 2.24) is 19.3 Å². The summed E-state index contributed by atoms with van der Waals surface area (Å²) in [5.41, 5.74) is 1.50. The zero-order chi connectivity index (χ0) is 15.0. The quantitative estimate of drug-likeness (QED) is 0.745. The Labute approximate surface area is 130 Å². The van der Waals surface area contributed by atoms with Crippen LogP contribution in [0.15, 0.2) is 35.3 Å². The van der Waals surface area contributed by atoms with Crippen molar-refractivity contribution in [3.63, 3.8) is 0 Å². The minimum Gasteiger partial charge on any atom is -0.327 e. The lowest BCUT2D eigenvalue weighted by Gasteiger charge is -2.08. The Morgan fingerprint density at radius 3 is 2.76 bits per heavy atom. The van der Waals surface area contributed by atoms with Gasteiger partial charge in [-0.1, -0.05) is 35.3 Å². The zero-order valence-electron chi connectivity index (χ0n) is 11.3. The summed E-state index contributed by atoms with van der Waals surface area (Å²) in [6, 6.07) is 7.84. The van der Waals surface area contributed by atoms with Gasteiger partial charge in [-0.25, -0.2) is 9.67 Å². The fourth-order valence-corrected chi connectivity index (χ4v) is 2.56. The summed E-state index contributed by atoms with van der Waals surface area (Å²) in [7, 11) is 0. The molecule has 0 unspecified atom stereocenters. The summed E-state index contributed by atoms with van der Waals surface area (Å²) in [6.45, 7) is 3.03. The molecule has 2 aromatic heterocycles. The predicted molar refractivity (Wildman–Crippen MR) is 83.0 cm³/mol. The van der Waals surface area contributed by atoms with E-state index in [1.165, 1.54) is 10.9 Å². The smallest absolute Gasteiger partial charge is 0.287 e. The minimum absolute atomic E-state index is 0.0224. The van der Waals surface area contributed by atoms with E-state index in [4.69, 9.17) is 23.2 Å². The van der Waals surface area contributed by atoms with E-state index < -0.39 is 5.56 Å². The Bertz CT molecular complexity index is 869. The van der Waals surface area contributed by atoms with Crippen molar-refractivity contribution in [2.45, 2.75) is 20.0 Å². The number of halogens is 2. The van der Waals surface area contributed by atoms with Crippen molar-refractivity contribution in [3.8, 4) is 0 Å². The van der Waals surface area contributed by atoms with Gasteiger partial charge in [0.15, 0.2) is 0 Å². The highest BCUT2D eigenvalue weighted by atomic mass is 35.5. The van der Waals surface area contributed by atoms with E-state index in [-0.39, 0.29) is 16.6 Å². The highest BCUT2D eigenvalue weighted by Crippen LogP contribution is 2.18. The molecule has 1 aromatic carbocycles. The van der Waals surface area contributed by atoms with Crippen LogP contribution in [0.25, 0.3) is 11.0 Å². The van der Waals surface area contributed by atoms with Crippen LogP contribution in [0.3, 0.4) is 0 Å². The van der Waals surface area contributed by atoms with Gasteiger partial charge in [-0.05, 0) is 19.1 Å². The molecule has 0 atom stereocenters. The van der Waals surface area contributed by atoms with E-state index in [1.54, 1.807) is 0 Å². The second kappa shape index (κ2) is 5.50. The molecular formula is C14H12Cl2N4O. The molecule has 21 heavy (non-hydrogen) atoms. The molecule has 3 rings (SSSR count). The van der Waals surface area contributed by atoms with Crippen molar-refractivity contribution in [1.29, 1.82) is 0 Å². The van der Waals surface area contributed by atoms with Crippen molar-refractivity contribution in [2.24, 2.45) is 0 Å². The Morgan fingerprint density at radius 1 is 1.24 bits per heavy atom. The van der Waals surface area contributed by atoms with Gasteiger partial charge in [0.25, 0.3) is 5.56 Å². The number of hydrogen-bond donors (Lipinski definition) is 0. The number of benzene rings is 1. The van der Waals surface area contributed by atoms with Crippen molar-refractivity contribution >= 4 is 34.2 Å². The van der Waals surface area contributed by atoms with E-state index in [9.17, 15) is 4.79 Å². The monoisotopic (exact) mass is 322 g/mol. The number of imidazole rings is 1. The fourth-order valence-electron chi connectivity index (χ4n) is 2.29. The van der Waals surface area contributed by atoms with Gasteiger partial charge in [-0.15, -0.1) is 0 Å². The van der Waals surface area contributed by atoms with E-state index >= 15 is 0 Å². The van der Waals surface area contributed by atoms with Crippen molar-refractivity contribution < 1.29 is 0 Å². The Morgan fingerprint density at radius 2 is 2.00 bits per heavy atom. The molecule has 7 heteroatoms. The first-order chi connectivity index (χ1) is 10.1. The SMILES string of the molecule is CCn1c(Cn2ncc(Cl)c(Cl)c2=O)nc2ccccc21. The summed E-state index contributed by atoms with van der Waals surface area (Å²) in [6.07, 6.45) is 1.37. The number of nitrogens with zero attached hydrogens (tertiary/aromatic N) is 4. The maximum atomic E-state index is 12.1. The first-order valence-corrected chi connectivity index (χ1v) is 7.22. The number of fused-ring (bicyclic) bond motifs is 1. The third-order valence-electron chi connectivity index (χ3n) is 3.28. The minimum atomic E-state index is -0.418. The normalized spacial score (nSPS) is 11.2. The molecule has 0 aliphatic rings. The van der Waals surface area contributed by atoms with Crippen LogP contribution in [0.2, 0.25) is 10.0 Å². The third-order valence-corrected chi connectivity index (χ3v) is 4.03. The van der Waals surface area contributed by atoms with Gasteiger partial charge in [0.1, 0.15) is 17.4 Å². The summed E-state index contributed by atoms with van der Waals surface area (Å²) < 4.78 is 3.31. The largest absolute Gasteiger partial charge is 0.327 e. The van der Waals surface area contributed by atoms with E-state index in [1.807, 2.05) is 35.8 Å². The van der Waals surface area contributed by atoms with E-state index in [0.29, 0.717) is 0 Å². The number of hydrogen-bond acceptors (Lipinski definition) is 3. The molecular weight excluding hydrogens is 311 g/mol. The van der Waals surface area contributed by atoms with Gasteiger partial charge in [0, 0.05) is 6.54 Å². The molecule has 0 fully saturated rings. The van der Waals surface area contributed by atoms with Gasteiger partial charge in [-0.2, -0.15) is 5.10 Å². The number of aryl methyl sites for hydroxylation is 1. The molecule has 0 saturated heterocycles. The Kier molecular flexibility index (Phi) is 3.69. The van der Waals surface area contributed by atoms with Crippen molar-refractivity contribution in [3.05, 3.63) is 56.7 Å². The number of rotatable bonds is 3. The molecule has 0 aliphatic carbocycles.